The van der Waals surface area contributed by atoms with Gasteiger partial charge in [0.15, 0.2) is 11.5 Å². The molecule has 0 spiro atoms. The van der Waals surface area contributed by atoms with Gasteiger partial charge in [-0.2, -0.15) is 0 Å². The molecule has 0 saturated heterocycles. The van der Waals surface area contributed by atoms with Crippen LogP contribution in [0.1, 0.15) is 0 Å². The maximum atomic E-state index is 15.3. The van der Waals surface area contributed by atoms with Crippen LogP contribution in [0, 0.1) is 5.82 Å². The number of anilines is 1. The number of aromatic amines is 1. The zero-order chi connectivity index (χ0) is 23.9. The normalized spacial score (nSPS) is 11.6. The van der Waals surface area contributed by atoms with Gasteiger partial charge in [0.25, 0.3) is 10.0 Å². The van der Waals surface area contributed by atoms with Gasteiger partial charge in [0.2, 0.25) is 5.88 Å². The van der Waals surface area contributed by atoms with E-state index in [1.54, 1.807) is 18.3 Å². The summed E-state index contributed by atoms with van der Waals surface area (Å²) in [6.45, 7) is 0. The minimum atomic E-state index is -4.07. The number of H-pyrrole nitrogens is 1. The van der Waals surface area contributed by atoms with Crippen molar-refractivity contribution in [1.29, 1.82) is 0 Å². The summed E-state index contributed by atoms with van der Waals surface area (Å²) in [5, 5.41) is 15.7. The summed E-state index contributed by atoms with van der Waals surface area (Å²) in [6, 6.07) is 11.7. The number of nitrogens with zero attached hydrogens (tertiary/aromatic N) is 5. The molecule has 0 saturated carbocycles. The first-order valence-electron chi connectivity index (χ1n) is 9.74. The van der Waals surface area contributed by atoms with Crippen molar-refractivity contribution >= 4 is 38.3 Å². The maximum absolute atomic E-state index is 15.3. The topological polar surface area (TPSA) is 128 Å². The molecule has 3 heterocycles. The molecule has 3 aromatic heterocycles. The van der Waals surface area contributed by atoms with Gasteiger partial charge in [0.1, 0.15) is 11.4 Å². The zero-order valence-corrected chi connectivity index (χ0v) is 19.0. The first kappa shape index (κ1) is 21.8. The lowest BCUT2D eigenvalue weighted by atomic mass is 10.2. The van der Waals surface area contributed by atoms with Crippen LogP contribution in [0.15, 0.2) is 65.8 Å². The lowest BCUT2D eigenvalue weighted by Gasteiger charge is -2.11. The Bertz CT molecular complexity index is 1630. The molecule has 2 N–H and O–H groups in total. The number of nitrogens with one attached hydrogen (secondary N) is 2. The van der Waals surface area contributed by atoms with Crippen LogP contribution in [0.4, 0.5) is 10.1 Å². The van der Waals surface area contributed by atoms with Crippen molar-refractivity contribution in [1.82, 2.24) is 30.2 Å². The SMILES string of the molecule is COc1n[nH]c2ncc(-c3cn(-c4cccc(NS(=O)(=O)c5cccc(Cl)c5)c4F)nn3)cc12. The first-order valence-corrected chi connectivity index (χ1v) is 11.6. The smallest absolute Gasteiger partial charge is 0.262 e. The van der Waals surface area contributed by atoms with Crippen molar-refractivity contribution in [3.8, 4) is 22.8 Å². The molecule has 0 bridgehead atoms. The highest BCUT2D eigenvalue weighted by Crippen LogP contribution is 2.28. The fourth-order valence-electron chi connectivity index (χ4n) is 3.30. The third-order valence-electron chi connectivity index (χ3n) is 4.94. The number of rotatable bonds is 6. The van der Waals surface area contributed by atoms with Gasteiger partial charge in [0.05, 0.1) is 29.3 Å². The summed E-state index contributed by atoms with van der Waals surface area (Å²) in [7, 11) is -2.57. The molecule has 2 aromatic carbocycles. The number of hydrogen-bond donors (Lipinski definition) is 2. The molecule has 0 aliphatic rings. The molecule has 5 rings (SSSR count). The van der Waals surface area contributed by atoms with Crippen molar-refractivity contribution in [2.45, 2.75) is 4.90 Å². The molecule has 0 unspecified atom stereocenters. The number of sulfonamides is 1. The number of methoxy groups -OCH3 is 1. The lowest BCUT2D eigenvalue weighted by molar-refractivity contribution is 0.401. The van der Waals surface area contributed by atoms with E-state index < -0.39 is 15.8 Å². The van der Waals surface area contributed by atoms with E-state index in [4.69, 9.17) is 16.3 Å². The van der Waals surface area contributed by atoms with Gasteiger partial charge in [-0.3, -0.25) is 9.82 Å². The quantitative estimate of drug-likeness (QED) is 0.363. The van der Waals surface area contributed by atoms with Gasteiger partial charge in [-0.15, -0.1) is 10.2 Å². The highest BCUT2D eigenvalue weighted by Gasteiger charge is 2.20. The van der Waals surface area contributed by atoms with Crippen LogP contribution in [0.3, 0.4) is 0 Å². The van der Waals surface area contributed by atoms with Crippen molar-refractivity contribution in [2.24, 2.45) is 0 Å². The van der Waals surface area contributed by atoms with E-state index in [1.165, 1.54) is 54.4 Å². The van der Waals surface area contributed by atoms with Gasteiger partial charge < -0.3 is 4.74 Å². The predicted molar refractivity (Wildman–Crippen MR) is 123 cm³/mol. The first-order chi connectivity index (χ1) is 16.4. The minimum absolute atomic E-state index is 0.0000250. The molecular weight excluding hydrogens is 485 g/mol. The summed E-state index contributed by atoms with van der Waals surface area (Å²) in [5.74, 6) is -0.447. The molecule has 0 atom stereocenters. The van der Waals surface area contributed by atoms with E-state index in [-0.39, 0.29) is 21.3 Å². The molecule has 0 amide bonds. The number of ether oxygens (including phenoxy) is 1. The summed E-state index contributed by atoms with van der Waals surface area (Å²) < 4.78 is 49.3. The lowest BCUT2D eigenvalue weighted by Crippen LogP contribution is -2.15. The Morgan fingerprint density at radius 3 is 2.79 bits per heavy atom. The van der Waals surface area contributed by atoms with Crippen LogP contribution in [0.2, 0.25) is 5.02 Å². The Labute approximate surface area is 197 Å². The average molecular weight is 500 g/mol. The highest BCUT2D eigenvalue weighted by molar-refractivity contribution is 7.92. The van der Waals surface area contributed by atoms with Crippen molar-refractivity contribution in [3.05, 3.63) is 71.8 Å². The molecule has 10 nitrogen and oxygen atoms in total. The van der Waals surface area contributed by atoms with Gasteiger partial charge >= 0.3 is 0 Å². The van der Waals surface area contributed by atoms with E-state index >= 15 is 4.39 Å². The molecule has 0 fully saturated rings. The third kappa shape index (κ3) is 3.93. The van der Waals surface area contributed by atoms with Crippen LogP contribution < -0.4 is 9.46 Å². The van der Waals surface area contributed by atoms with Crippen LogP contribution >= 0.6 is 11.6 Å². The number of halogens is 2. The Hall–Kier alpha value is -4.03. The largest absolute Gasteiger partial charge is 0.479 e. The Kier molecular flexibility index (Phi) is 5.38. The molecule has 34 heavy (non-hydrogen) atoms. The van der Waals surface area contributed by atoms with Crippen molar-refractivity contribution in [2.75, 3.05) is 11.8 Å². The minimum Gasteiger partial charge on any atom is -0.479 e. The van der Waals surface area contributed by atoms with Crippen LogP contribution in [0.25, 0.3) is 28.0 Å². The number of hydrogen-bond acceptors (Lipinski definition) is 7. The molecule has 5 aromatic rings. The van der Waals surface area contributed by atoms with Crippen LogP contribution in [-0.4, -0.2) is 45.7 Å². The summed E-state index contributed by atoms with van der Waals surface area (Å²) >= 11 is 5.88. The molecule has 13 heteroatoms. The predicted octanol–water partition coefficient (Wildman–Crippen LogP) is 3.81. The van der Waals surface area contributed by atoms with Gasteiger partial charge in [0, 0.05) is 16.8 Å². The number of aromatic nitrogens is 6. The third-order valence-corrected chi connectivity index (χ3v) is 6.54. The van der Waals surface area contributed by atoms with Crippen LogP contribution in [0.5, 0.6) is 5.88 Å². The Balaban J connectivity index is 1.48. The van der Waals surface area contributed by atoms with Crippen molar-refractivity contribution in [3.63, 3.8) is 0 Å². The Morgan fingerprint density at radius 1 is 1.18 bits per heavy atom. The van der Waals surface area contributed by atoms with Gasteiger partial charge in [-0.1, -0.05) is 28.9 Å². The zero-order valence-electron chi connectivity index (χ0n) is 17.4. The Morgan fingerprint density at radius 2 is 2.00 bits per heavy atom. The van der Waals surface area contributed by atoms with Crippen molar-refractivity contribution < 1.29 is 17.5 Å². The van der Waals surface area contributed by atoms with Gasteiger partial charge in [-0.05, 0) is 36.4 Å². The van der Waals surface area contributed by atoms with Gasteiger partial charge in [-0.25, -0.2) is 22.5 Å². The summed E-state index contributed by atoms with van der Waals surface area (Å²) in [4.78, 5) is 4.19. The van der Waals surface area contributed by atoms with Crippen LogP contribution in [-0.2, 0) is 10.0 Å². The van der Waals surface area contributed by atoms with E-state index in [0.717, 1.165) is 0 Å². The standard InChI is InChI=1S/C21H15ClFN7O3S/c1-33-21-15-8-12(10-24-20(15)26-27-21)17-11-30(29-25-17)18-7-3-6-16(19(18)23)28-34(31,32)14-5-2-4-13(22)9-14/h2-11,28H,1H3,(H,24,26,27). The summed E-state index contributed by atoms with van der Waals surface area (Å²) in [6.07, 6.45) is 3.07. The van der Waals surface area contributed by atoms with E-state index in [1.807, 2.05) is 0 Å². The van der Waals surface area contributed by atoms with E-state index in [0.29, 0.717) is 28.2 Å². The monoisotopic (exact) mass is 499 g/mol. The molecule has 0 aliphatic carbocycles. The average Bonchev–Trinajstić information content (AvgIpc) is 3.47. The number of fused-ring (bicyclic) bond motifs is 1. The molecular formula is C21H15ClFN7O3S. The molecule has 0 aliphatic heterocycles. The second kappa shape index (κ2) is 8.39. The molecule has 0 radical (unpaired) electrons. The highest BCUT2D eigenvalue weighted by atomic mass is 35.5. The fourth-order valence-corrected chi connectivity index (χ4v) is 4.66. The second-order valence-electron chi connectivity index (χ2n) is 7.10. The summed E-state index contributed by atoms with van der Waals surface area (Å²) in [5.41, 5.74) is 1.32. The molecule has 172 valence electrons. The fraction of sp³-hybridized carbons (Fsp3) is 0.0476. The van der Waals surface area contributed by atoms with E-state index in [2.05, 4.69) is 30.2 Å². The number of benzene rings is 2. The van der Waals surface area contributed by atoms with E-state index in [9.17, 15) is 8.42 Å². The maximum Gasteiger partial charge on any atom is 0.262 e. The number of pyridine rings is 1. The second-order valence-corrected chi connectivity index (χ2v) is 9.22.